The van der Waals surface area contributed by atoms with E-state index in [1.807, 2.05) is 0 Å². The zero-order valence-corrected chi connectivity index (χ0v) is 10.6. The van der Waals surface area contributed by atoms with Gasteiger partial charge in [-0.25, -0.2) is 0 Å². The predicted molar refractivity (Wildman–Crippen MR) is 64.5 cm³/mol. The Hall–Kier alpha value is -0.650. The van der Waals surface area contributed by atoms with Crippen molar-refractivity contribution in [2.24, 2.45) is 5.41 Å². The number of nitrogens with zero attached hydrogens (tertiary/aromatic N) is 1. The van der Waals surface area contributed by atoms with Gasteiger partial charge < -0.3 is 14.6 Å². The first kappa shape index (κ1) is 12.4. The van der Waals surface area contributed by atoms with Gasteiger partial charge in [0.25, 0.3) is 0 Å². The molecular formula is C13H21NO4. The van der Waals surface area contributed by atoms with Crippen LogP contribution in [-0.4, -0.2) is 61.0 Å². The van der Waals surface area contributed by atoms with Crippen LogP contribution in [-0.2, 0) is 14.3 Å². The quantitative estimate of drug-likeness (QED) is 0.805. The molecule has 0 aliphatic carbocycles. The molecule has 0 aromatic heterocycles. The molecule has 0 amide bonds. The summed E-state index contributed by atoms with van der Waals surface area (Å²) < 4.78 is 11.2. The summed E-state index contributed by atoms with van der Waals surface area (Å²) in [5.41, 5.74) is -0.699. The highest BCUT2D eigenvalue weighted by atomic mass is 16.5. The molecule has 0 spiro atoms. The van der Waals surface area contributed by atoms with Crippen LogP contribution in [0.15, 0.2) is 0 Å². The summed E-state index contributed by atoms with van der Waals surface area (Å²) in [5, 5.41) is 9.53. The highest BCUT2D eigenvalue weighted by Gasteiger charge is 2.44. The first-order valence-electron chi connectivity index (χ1n) is 6.87. The first-order chi connectivity index (χ1) is 8.68. The van der Waals surface area contributed by atoms with Crippen molar-refractivity contribution in [3.8, 4) is 0 Å². The largest absolute Gasteiger partial charge is 0.481 e. The highest BCUT2D eigenvalue weighted by molar-refractivity contribution is 5.75. The number of carboxylic acids is 1. The van der Waals surface area contributed by atoms with Crippen molar-refractivity contribution in [2.45, 2.75) is 37.9 Å². The number of carbonyl (C=O) groups is 1. The monoisotopic (exact) mass is 255 g/mol. The minimum atomic E-state index is -0.707. The molecule has 1 N–H and O–H groups in total. The minimum absolute atomic E-state index is 0.319. The molecule has 5 nitrogen and oxygen atoms in total. The predicted octanol–water partition coefficient (Wildman–Crippen LogP) is 0.731. The van der Waals surface area contributed by atoms with Gasteiger partial charge in [0.05, 0.1) is 18.8 Å². The Morgan fingerprint density at radius 2 is 2.06 bits per heavy atom. The lowest BCUT2D eigenvalue weighted by molar-refractivity contribution is -0.161. The normalized spacial score (nSPS) is 40.9. The molecule has 18 heavy (non-hydrogen) atoms. The summed E-state index contributed by atoms with van der Waals surface area (Å²) in [6.07, 6.45) is 4.46. The van der Waals surface area contributed by atoms with Crippen LogP contribution in [0.3, 0.4) is 0 Å². The van der Waals surface area contributed by atoms with Gasteiger partial charge in [-0.05, 0) is 25.7 Å². The summed E-state index contributed by atoms with van der Waals surface area (Å²) in [6.45, 7) is 3.42. The molecule has 0 radical (unpaired) electrons. The molecule has 0 aromatic rings. The molecule has 3 atom stereocenters. The molecule has 3 fully saturated rings. The van der Waals surface area contributed by atoms with E-state index < -0.39 is 11.4 Å². The standard InChI is InChI=1S/C13H21NO4/c15-12(16)13(4-1-5-17-9-13)8-14-6-10-2-3-11(7-14)18-10/h10-11H,1-9H2,(H,15,16). The first-order valence-corrected chi connectivity index (χ1v) is 6.87. The maximum absolute atomic E-state index is 11.6. The second-order valence-electron chi connectivity index (χ2n) is 5.89. The molecule has 3 heterocycles. The van der Waals surface area contributed by atoms with E-state index in [0.717, 1.165) is 38.8 Å². The maximum atomic E-state index is 11.6. The Balaban J connectivity index is 1.67. The van der Waals surface area contributed by atoms with Gasteiger partial charge in [0.15, 0.2) is 0 Å². The fraction of sp³-hybridized carbons (Fsp3) is 0.923. The molecule has 3 aliphatic rings. The number of ether oxygens (including phenoxy) is 2. The van der Waals surface area contributed by atoms with Crippen molar-refractivity contribution in [1.29, 1.82) is 0 Å². The van der Waals surface area contributed by atoms with Crippen molar-refractivity contribution in [1.82, 2.24) is 4.90 Å². The second-order valence-corrected chi connectivity index (χ2v) is 5.89. The average Bonchev–Trinajstić information content (AvgIpc) is 2.70. The number of hydrogen-bond acceptors (Lipinski definition) is 4. The molecule has 0 saturated carbocycles. The van der Waals surface area contributed by atoms with Gasteiger partial charge in [-0.3, -0.25) is 9.69 Å². The Labute approximate surface area is 107 Å². The number of carboxylic acid groups (broad SMARTS) is 1. The lowest BCUT2D eigenvalue weighted by Gasteiger charge is -2.40. The topological polar surface area (TPSA) is 59.0 Å². The third-order valence-electron chi connectivity index (χ3n) is 4.42. The zero-order chi connectivity index (χ0) is 12.6. The smallest absolute Gasteiger partial charge is 0.313 e. The second kappa shape index (κ2) is 4.79. The van der Waals surface area contributed by atoms with Gasteiger partial charge >= 0.3 is 5.97 Å². The van der Waals surface area contributed by atoms with Crippen molar-refractivity contribution in [2.75, 3.05) is 32.8 Å². The molecule has 2 bridgehead atoms. The third-order valence-corrected chi connectivity index (χ3v) is 4.42. The van der Waals surface area contributed by atoms with Gasteiger partial charge in [-0.15, -0.1) is 0 Å². The number of hydrogen-bond donors (Lipinski definition) is 1. The van der Waals surface area contributed by atoms with Crippen LogP contribution < -0.4 is 0 Å². The molecule has 3 aliphatic heterocycles. The Morgan fingerprint density at radius 1 is 1.33 bits per heavy atom. The lowest BCUT2D eigenvalue weighted by atomic mass is 9.82. The van der Waals surface area contributed by atoms with E-state index in [-0.39, 0.29) is 0 Å². The van der Waals surface area contributed by atoms with E-state index in [1.54, 1.807) is 0 Å². The SMILES string of the molecule is O=C(O)C1(CN2CC3CCC(C2)O3)CCCOC1. The summed E-state index contributed by atoms with van der Waals surface area (Å²) in [6, 6.07) is 0. The maximum Gasteiger partial charge on any atom is 0.313 e. The van der Waals surface area contributed by atoms with E-state index in [4.69, 9.17) is 9.47 Å². The zero-order valence-electron chi connectivity index (χ0n) is 10.6. The van der Waals surface area contributed by atoms with Crippen LogP contribution in [0.4, 0.5) is 0 Å². The van der Waals surface area contributed by atoms with Crippen LogP contribution in [0.5, 0.6) is 0 Å². The van der Waals surface area contributed by atoms with Crippen molar-refractivity contribution >= 4 is 5.97 Å². The molecule has 102 valence electrons. The lowest BCUT2D eigenvalue weighted by Crippen LogP contribution is -2.52. The summed E-state index contributed by atoms with van der Waals surface area (Å²) in [4.78, 5) is 13.9. The van der Waals surface area contributed by atoms with Crippen LogP contribution in [0.1, 0.15) is 25.7 Å². The van der Waals surface area contributed by atoms with E-state index in [1.165, 1.54) is 0 Å². The molecule has 3 saturated heterocycles. The van der Waals surface area contributed by atoms with Crippen molar-refractivity contribution in [3.63, 3.8) is 0 Å². The number of aliphatic carboxylic acids is 1. The van der Waals surface area contributed by atoms with Gasteiger partial charge in [-0.2, -0.15) is 0 Å². The van der Waals surface area contributed by atoms with Gasteiger partial charge in [0.1, 0.15) is 5.41 Å². The summed E-state index contributed by atoms with van der Waals surface area (Å²) in [7, 11) is 0. The molecule has 3 rings (SSSR count). The van der Waals surface area contributed by atoms with E-state index >= 15 is 0 Å². The number of rotatable bonds is 3. The molecule has 0 aromatic carbocycles. The van der Waals surface area contributed by atoms with E-state index in [9.17, 15) is 9.90 Å². The summed E-state index contributed by atoms with van der Waals surface area (Å²) >= 11 is 0. The van der Waals surface area contributed by atoms with Crippen LogP contribution >= 0.6 is 0 Å². The fourth-order valence-corrected chi connectivity index (χ4v) is 3.47. The minimum Gasteiger partial charge on any atom is -0.481 e. The fourth-order valence-electron chi connectivity index (χ4n) is 3.47. The van der Waals surface area contributed by atoms with E-state index in [2.05, 4.69) is 4.90 Å². The molecular weight excluding hydrogens is 234 g/mol. The van der Waals surface area contributed by atoms with Crippen LogP contribution in [0.25, 0.3) is 0 Å². The Bertz CT molecular complexity index is 315. The van der Waals surface area contributed by atoms with Gasteiger partial charge in [0, 0.05) is 26.2 Å². The Morgan fingerprint density at radius 3 is 2.61 bits per heavy atom. The molecule has 5 heteroatoms. The Kier molecular flexibility index (Phi) is 3.30. The average molecular weight is 255 g/mol. The van der Waals surface area contributed by atoms with Gasteiger partial charge in [-0.1, -0.05) is 0 Å². The number of likely N-dealkylation sites (tertiary alicyclic amines) is 1. The summed E-state index contributed by atoms with van der Waals surface area (Å²) in [5.74, 6) is -0.707. The van der Waals surface area contributed by atoms with Crippen molar-refractivity contribution < 1.29 is 19.4 Å². The van der Waals surface area contributed by atoms with Crippen LogP contribution in [0.2, 0.25) is 0 Å². The van der Waals surface area contributed by atoms with E-state index in [0.29, 0.717) is 32.0 Å². The molecule has 3 unspecified atom stereocenters. The van der Waals surface area contributed by atoms with Gasteiger partial charge in [0.2, 0.25) is 0 Å². The van der Waals surface area contributed by atoms with Crippen molar-refractivity contribution in [3.05, 3.63) is 0 Å². The number of morpholine rings is 1. The van der Waals surface area contributed by atoms with Crippen LogP contribution in [0, 0.1) is 5.41 Å². The highest BCUT2D eigenvalue weighted by Crippen LogP contribution is 2.33. The third kappa shape index (κ3) is 2.27. The number of fused-ring (bicyclic) bond motifs is 2.